The van der Waals surface area contributed by atoms with Crippen LogP contribution in [-0.2, 0) is 16.8 Å². The average Bonchev–Trinajstić information content (AvgIpc) is 2.52. The fourth-order valence-electron chi connectivity index (χ4n) is 3.41. The molecule has 0 fully saturated rings. The minimum atomic E-state index is 0. The number of para-hydroxylation sites is 1. The predicted octanol–water partition coefficient (Wildman–Crippen LogP) is -1.31. The van der Waals surface area contributed by atoms with Crippen molar-refractivity contribution in [2.24, 2.45) is 0 Å². The van der Waals surface area contributed by atoms with E-state index in [4.69, 9.17) is 0 Å². The van der Waals surface area contributed by atoms with Gasteiger partial charge in [0.25, 0.3) is 0 Å². The van der Waals surface area contributed by atoms with Crippen molar-refractivity contribution in [2.75, 3.05) is 43.9 Å². The standard InChI is InChI=1S/C22H33N3.2ClH.Co/c1-16-14-19(4)22(20(5)15-16)24-11-13-25(6)12-10-23-21-17(2)8-7-9-18(21)3;;;/h7-9,14-15,23-24H,10-13H2,1-6H3;2*1H;/q;;;+2/p-2. The maximum Gasteiger partial charge on any atom is 2.00 e. The first kappa shape index (κ1) is 29.3. The van der Waals surface area contributed by atoms with Crippen molar-refractivity contribution < 1.29 is 41.6 Å². The van der Waals surface area contributed by atoms with E-state index in [1.807, 2.05) is 0 Å². The zero-order valence-electron chi connectivity index (χ0n) is 17.8. The SMILES string of the molecule is Cc1cc(C)c(NCCN(C)CCNc2c(C)cccc2C)c(C)c1.[Cl-].[Cl-].[Co+2]. The Morgan fingerprint density at radius 3 is 1.54 bits per heavy atom. The molecule has 1 radical (unpaired) electrons. The second-order valence-electron chi connectivity index (χ2n) is 7.20. The van der Waals surface area contributed by atoms with E-state index in [0.717, 1.165) is 26.2 Å². The minimum Gasteiger partial charge on any atom is -1.00 e. The number of rotatable bonds is 8. The first-order chi connectivity index (χ1) is 11.9. The summed E-state index contributed by atoms with van der Waals surface area (Å²) in [7, 11) is 2.18. The van der Waals surface area contributed by atoms with Gasteiger partial charge in [-0.2, -0.15) is 0 Å². The van der Waals surface area contributed by atoms with Gasteiger partial charge in [0.1, 0.15) is 0 Å². The molecule has 0 spiro atoms. The Morgan fingerprint density at radius 2 is 1.11 bits per heavy atom. The van der Waals surface area contributed by atoms with Crippen molar-refractivity contribution in [3.05, 3.63) is 58.1 Å². The molecule has 0 bridgehead atoms. The van der Waals surface area contributed by atoms with Crippen LogP contribution in [-0.4, -0.2) is 38.1 Å². The number of hydrogen-bond acceptors (Lipinski definition) is 3. The summed E-state index contributed by atoms with van der Waals surface area (Å²) < 4.78 is 0. The van der Waals surface area contributed by atoms with Gasteiger partial charge in [0.05, 0.1) is 0 Å². The van der Waals surface area contributed by atoms with Gasteiger partial charge in [-0.15, -0.1) is 0 Å². The van der Waals surface area contributed by atoms with Gasteiger partial charge in [0.2, 0.25) is 0 Å². The number of aryl methyl sites for hydroxylation is 5. The van der Waals surface area contributed by atoms with Crippen molar-refractivity contribution in [2.45, 2.75) is 34.6 Å². The van der Waals surface area contributed by atoms with Crippen LogP contribution >= 0.6 is 0 Å². The second kappa shape index (κ2) is 14.1. The van der Waals surface area contributed by atoms with E-state index in [-0.39, 0.29) is 41.6 Å². The average molecular weight is 469 g/mol. The molecule has 0 unspecified atom stereocenters. The first-order valence-corrected chi connectivity index (χ1v) is 9.19. The third-order valence-corrected chi connectivity index (χ3v) is 4.75. The van der Waals surface area contributed by atoms with Crippen LogP contribution in [0.2, 0.25) is 0 Å². The van der Waals surface area contributed by atoms with Crippen LogP contribution in [0.5, 0.6) is 0 Å². The fourth-order valence-corrected chi connectivity index (χ4v) is 3.41. The zero-order chi connectivity index (χ0) is 18.4. The summed E-state index contributed by atoms with van der Waals surface area (Å²) in [6, 6.07) is 10.9. The van der Waals surface area contributed by atoms with Crippen LogP contribution in [0.3, 0.4) is 0 Å². The van der Waals surface area contributed by atoms with Gasteiger partial charge in [-0.05, 0) is 63.9 Å². The zero-order valence-corrected chi connectivity index (χ0v) is 20.3. The summed E-state index contributed by atoms with van der Waals surface area (Å²) in [5, 5.41) is 7.19. The first-order valence-electron chi connectivity index (χ1n) is 9.19. The van der Waals surface area contributed by atoms with Crippen molar-refractivity contribution in [1.29, 1.82) is 0 Å². The molecule has 0 amide bonds. The quantitative estimate of drug-likeness (QED) is 0.503. The van der Waals surface area contributed by atoms with Gasteiger partial charge in [-0.1, -0.05) is 35.9 Å². The molecule has 0 aliphatic heterocycles. The molecule has 0 atom stereocenters. The molecule has 0 heterocycles. The normalized spacial score (nSPS) is 9.82. The van der Waals surface area contributed by atoms with E-state index in [1.54, 1.807) is 0 Å². The molecule has 0 aromatic heterocycles. The van der Waals surface area contributed by atoms with Crippen molar-refractivity contribution >= 4 is 11.4 Å². The third-order valence-electron chi connectivity index (χ3n) is 4.75. The second-order valence-corrected chi connectivity index (χ2v) is 7.20. The number of halogens is 2. The molecular formula is C22H33Cl2CoN3. The van der Waals surface area contributed by atoms with Gasteiger partial charge in [0, 0.05) is 37.6 Å². The van der Waals surface area contributed by atoms with Crippen molar-refractivity contribution in [1.82, 2.24) is 4.90 Å². The summed E-state index contributed by atoms with van der Waals surface area (Å²) in [4.78, 5) is 2.37. The number of anilines is 2. The van der Waals surface area contributed by atoms with E-state index >= 15 is 0 Å². The van der Waals surface area contributed by atoms with E-state index in [2.05, 4.69) is 87.5 Å². The van der Waals surface area contributed by atoms with Crippen LogP contribution in [0.25, 0.3) is 0 Å². The smallest absolute Gasteiger partial charge is 1.00 e. The molecule has 3 nitrogen and oxygen atoms in total. The molecule has 2 aromatic rings. The van der Waals surface area contributed by atoms with Crippen LogP contribution in [0, 0.1) is 34.6 Å². The largest absolute Gasteiger partial charge is 2.00 e. The van der Waals surface area contributed by atoms with E-state index in [0.29, 0.717) is 0 Å². The molecule has 6 heteroatoms. The molecule has 159 valence electrons. The summed E-state index contributed by atoms with van der Waals surface area (Å²) in [6.07, 6.45) is 0. The van der Waals surface area contributed by atoms with Gasteiger partial charge in [-0.3, -0.25) is 0 Å². The van der Waals surface area contributed by atoms with Crippen LogP contribution in [0.4, 0.5) is 11.4 Å². The molecule has 0 aliphatic carbocycles. The van der Waals surface area contributed by atoms with E-state index in [1.165, 1.54) is 39.2 Å². The van der Waals surface area contributed by atoms with Gasteiger partial charge >= 0.3 is 16.8 Å². The number of likely N-dealkylation sites (N-methyl/N-ethyl adjacent to an activating group) is 1. The maximum absolute atomic E-state index is 3.60. The number of nitrogens with one attached hydrogen (secondary N) is 2. The van der Waals surface area contributed by atoms with Crippen LogP contribution < -0.4 is 35.4 Å². The Morgan fingerprint density at radius 1 is 0.714 bits per heavy atom. The Kier molecular flexibility index (Phi) is 14.8. The van der Waals surface area contributed by atoms with E-state index < -0.39 is 0 Å². The number of hydrogen-bond donors (Lipinski definition) is 2. The Labute approximate surface area is 194 Å². The maximum atomic E-state index is 3.60. The van der Waals surface area contributed by atoms with Gasteiger partial charge < -0.3 is 40.3 Å². The Balaban J connectivity index is 0. The molecule has 2 rings (SSSR count). The molecular weight excluding hydrogens is 436 g/mol. The molecule has 0 aliphatic rings. The summed E-state index contributed by atoms with van der Waals surface area (Å²) in [6.45, 7) is 14.8. The predicted molar refractivity (Wildman–Crippen MR) is 111 cm³/mol. The van der Waals surface area contributed by atoms with E-state index in [9.17, 15) is 0 Å². The summed E-state index contributed by atoms with van der Waals surface area (Å²) >= 11 is 0. The Hall–Kier alpha value is -0.914. The van der Waals surface area contributed by atoms with Crippen molar-refractivity contribution in [3.8, 4) is 0 Å². The summed E-state index contributed by atoms with van der Waals surface area (Å²) in [5.41, 5.74) is 9.18. The van der Waals surface area contributed by atoms with Gasteiger partial charge in [-0.25, -0.2) is 0 Å². The number of nitrogens with zero attached hydrogens (tertiary/aromatic N) is 1. The molecule has 0 saturated carbocycles. The number of benzene rings is 2. The fraction of sp³-hybridized carbons (Fsp3) is 0.455. The Bertz CT molecular complexity index is 680. The van der Waals surface area contributed by atoms with Crippen LogP contribution in [0.1, 0.15) is 27.8 Å². The summed E-state index contributed by atoms with van der Waals surface area (Å²) in [5.74, 6) is 0. The molecule has 0 saturated heterocycles. The molecule has 28 heavy (non-hydrogen) atoms. The molecule has 2 N–H and O–H groups in total. The molecule has 2 aromatic carbocycles. The van der Waals surface area contributed by atoms with Crippen LogP contribution in [0.15, 0.2) is 30.3 Å². The van der Waals surface area contributed by atoms with Gasteiger partial charge in [0.15, 0.2) is 0 Å². The minimum absolute atomic E-state index is 0. The topological polar surface area (TPSA) is 27.3 Å². The van der Waals surface area contributed by atoms with Crippen molar-refractivity contribution in [3.63, 3.8) is 0 Å². The third kappa shape index (κ3) is 8.62. The monoisotopic (exact) mass is 468 g/mol.